The first kappa shape index (κ1) is 21.6. The van der Waals surface area contributed by atoms with Crippen LogP contribution in [0.2, 0.25) is 0 Å². The Morgan fingerprint density at radius 3 is 2.42 bits per heavy atom. The van der Waals surface area contributed by atoms with Crippen molar-refractivity contribution in [1.29, 1.82) is 0 Å². The Hall–Kier alpha value is -2.44. The summed E-state index contributed by atoms with van der Waals surface area (Å²) in [7, 11) is 0. The quantitative estimate of drug-likeness (QED) is 0.524. The molecule has 0 heterocycles. The van der Waals surface area contributed by atoms with Gasteiger partial charge in [-0.05, 0) is 24.1 Å². The Morgan fingerprint density at radius 1 is 1.12 bits per heavy atom. The summed E-state index contributed by atoms with van der Waals surface area (Å²) in [4.78, 5) is 35.3. The molecule has 0 saturated heterocycles. The molecule has 1 rings (SSSR count). The topological polar surface area (TPSA) is 95.5 Å². The van der Waals surface area contributed by atoms with E-state index in [1.165, 1.54) is 25.1 Å². The fourth-order valence-electron chi connectivity index (χ4n) is 2.66. The highest BCUT2D eigenvalue weighted by Gasteiger charge is 2.26. The number of benzene rings is 1. The third-order valence-corrected chi connectivity index (χ3v) is 3.98. The van der Waals surface area contributed by atoms with Crippen LogP contribution in [0.25, 0.3) is 0 Å². The lowest BCUT2D eigenvalue weighted by Gasteiger charge is -2.21. The summed E-state index contributed by atoms with van der Waals surface area (Å²) in [6.45, 7) is 3.33. The molecule has 144 valence electrons. The third kappa shape index (κ3) is 8.09. The van der Waals surface area contributed by atoms with Crippen LogP contribution < -0.4 is 10.6 Å². The molecule has 0 bridgehead atoms. The number of hydrogen-bond acceptors (Lipinski definition) is 3. The van der Waals surface area contributed by atoms with Gasteiger partial charge in [-0.15, -0.1) is 0 Å². The number of carboxylic acid groups (broad SMARTS) is 1. The molecule has 1 aromatic carbocycles. The van der Waals surface area contributed by atoms with Gasteiger partial charge in [-0.3, -0.25) is 9.59 Å². The SMILES string of the molecule is CCCCCC[C@@H](NC(=O)[C@H](Cc1cccc(F)c1)NC(C)=O)C(=O)O. The van der Waals surface area contributed by atoms with Gasteiger partial charge in [0.15, 0.2) is 0 Å². The van der Waals surface area contributed by atoms with Crippen LogP contribution >= 0.6 is 0 Å². The number of amides is 2. The second kappa shape index (κ2) is 11.2. The van der Waals surface area contributed by atoms with E-state index >= 15 is 0 Å². The highest BCUT2D eigenvalue weighted by atomic mass is 19.1. The van der Waals surface area contributed by atoms with Gasteiger partial charge in [0.2, 0.25) is 11.8 Å². The zero-order valence-corrected chi connectivity index (χ0v) is 15.3. The minimum Gasteiger partial charge on any atom is -0.480 e. The Balaban J connectivity index is 2.76. The van der Waals surface area contributed by atoms with Gasteiger partial charge in [-0.2, -0.15) is 0 Å². The van der Waals surface area contributed by atoms with E-state index in [9.17, 15) is 23.9 Å². The van der Waals surface area contributed by atoms with Crippen molar-refractivity contribution < 1.29 is 23.9 Å². The van der Waals surface area contributed by atoms with E-state index in [4.69, 9.17) is 0 Å². The van der Waals surface area contributed by atoms with Crippen molar-refractivity contribution in [3.05, 3.63) is 35.6 Å². The Labute approximate surface area is 153 Å². The number of halogens is 1. The molecule has 0 radical (unpaired) electrons. The summed E-state index contributed by atoms with van der Waals surface area (Å²) in [5.41, 5.74) is 0.536. The maximum atomic E-state index is 13.3. The van der Waals surface area contributed by atoms with Crippen LogP contribution in [0.5, 0.6) is 0 Å². The lowest BCUT2D eigenvalue weighted by Crippen LogP contribution is -2.52. The van der Waals surface area contributed by atoms with Crippen LogP contribution in [0.15, 0.2) is 24.3 Å². The van der Waals surface area contributed by atoms with Crippen molar-refractivity contribution >= 4 is 17.8 Å². The van der Waals surface area contributed by atoms with Crippen LogP contribution in [0, 0.1) is 5.82 Å². The van der Waals surface area contributed by atoms with Gasteiger partial charge < -0.3 is 15.7 Å². The predicted octanol–water partition coefficient (Wildman–Crippen LogP) is 2.41. The zero-order valence-electron chi connectivity index (χ0n) is 15.3. The van der Waals surface area contributed by atoms with Gasteiger partial charge in [-0.1, -0.05) is 44.7 Å². The molecule has 0 aliphatic rings. The van der Waals surface area contributed by atoms with Crippen LogP contribution in [-0.2, 0) is 20.8 Å². The first-order chi connectivity index (χ1) is 12.3. The van der Waals surface area contributed by atoms with E-state index in [0.29, 0.717) is 18.4 Å². The standard InChI is InChI=1S/C19H27FN2O4/c1-3-4-5-6-10-16(19(25)26)22-18(24)17(21-13(2)23)12-14-8-7-9-15(20)11-14/h7-9,11,16-17H,3-6,10,12H2,1-2H3,(H,21,23)(H,22,24)(H,25,26)/t16-,17+/m1/s1. The van der Waals surface area contributed by atoms with Gasteiger partial charge in [0, 0.05) is 13.3 Å². The fourth-order valence-corrected chi connectivity index (χ4v) is 2.66. The molecule has 6 nitrogen and oxygen atoms in total. The van der Waals surface area contributed by atoms with E-state index in [-0.39, 0.29) is 6.42 Å². The summed E-state index contributed by atoms with van der Waals surface area (Å²) >= 11 is 0. The molecule has 3 N–H and O–H groups in total. The van der Waals surface area contributed by atoms with Crippen molar-refractivity contribution in [2.75, 3.05) is 0 Å². The zero-order chi connectivity index (χ0) is 19.5. The Morgan fingerprint density at radius 2 is 1.85 bits per heavy atom. The van der Waals surface area contributed by atoms with Crippen LogP contribution in [0.4, 0.5) is 4.39 Å². The molecular weight excluding hydrogens is 339 g/mol. The molecular formula is C19H27FN2O4. The number of nitrogens with one attached hydrogen (secondary N) is 2. The first-order valence-corrected chi connectivity index (χ1v) is 8.88. The normalized spacial score (nSPS) is 12.9. The summed E-state index contributed by atoms with van der Waals surface area (Å²) in [6, 6.07) is 3.75. The number of rotatable bonds is 11. The summed E-state index contributed by atoms with van der Waals surface area (Å²) < 4.78 is 13.3. The molecule has 7 heteroatoms. The lowest BCUT2D eigenvalue weighted by molar-refractivity contribution is -0.142. The monoisotopic (exact) mass is 366 g/mol. The van der Waals surface area contributed by atoms with Gasteiger partial charge in [0.05, 0.1) is 0 Å². The number of unbranched alkanes of at least 4 members (excludes halogenated alkanes) is 3. The molecule has 0 aromatic heterocycles. The second-order valence-electron chi connectivity index (χ2n) is 6.34. The molecule has 0 aliphatic heterocycles. The van der Waals surface area contributed by atoms with Crippen LogP contribution in [0.1, 0.15) is 51.5 Å². The number of carbonyl (C=O) groups is 3. The summed E-state index contributed by atoms with van der Waals surface area (Å²) in [5, 5.41) is 14.3. The van der Waals surface area contributed by atoms with E-state index in [2.05, 4.69) is 17.6 Å². The van der Waals surface area contributed by atoms with Gasteiger partial charge in [0.1, 0.15) is 17.9 Å². The Bertz CT molecular complexity index is 621. The van der Waals surface area contributed by atoms with Crippen LogP contribution in [-0.4, -0.2) is 35.0 Å². The van der Waals surface area contributed by atoms with Gasteiger partial charge >= 0.3 is 5.97 Å². The minimum atomic E-state index is -1.11. The second-order valence-corrected chi connectivity index (χ2v) is 6.34. The third-order valence-electron chi connectivity index (χ3n) is 3.98. The van der Waals surface area contributed by atoms with Gasteiger partial charge in [-0.25, -0.2) is 9.18 Å². The molecule has 2 atom stereocenters. The minimum absolute atomic E-state index is 0.0747. The Kier molecular flexibility index (Phi) is 9.33. The van der Waals surface area contributed by atoms with Gasteiger partial charge in [0.25, 0.3) is 0 Å². The largest absolute Gasteiger partial charge is 0.480 e. The summed E-state index contributed by atoms with van der Waals surface area (Å²) in [5.74, 6) is -2.56. The molecule has 0 spiro atoms. The smallest absolute Gasteiger partial charge is 0.326 e. The summed E-state index contributed by atoms with van der Waals surface area (Å²) in [6.07, 6.45) is 4.03. The average Bonchev–Trinajstić information content (AvgIpc) is 2.56. The van der Waals surface area contributed by atoms with E-state index in [1.807, 2.05) is 0 Å². The maximum absolute atomic E-state index is 13.3. The molecule has 2 amide bonds. The molecule has 26 heavy (non-hydrogen) atoms. The molecule has 0 fully saturated rings. The highest BCUT2D eigenvalue weighted by molar-refractivity contribution is 5.90. The molecule has 0 saturated carbocycles. The average molecular weight is 366 g/mol. The van der Waals surface area contributed by atoms with Crippen molar-refractivity contribution in [3.8, 4) is 0 Å². The molecule has 1 aromatic rings. The number of carbonyl (C=O) groups excluding carboxylic acids is 2. The van der Waals surface area contributed by atoms with Crippen molar-refractivity contribution in [3.63, 3.8) is 0 Å². The number of carboxylic acids is 1. The number of aliphatic carboxylic acids is 1. The first-order valence-electron chi connectivity index (χ1n) is 8.88. The van der Waals surface area contributed by atoms with Crippen molar-refractivity contribution in [1.82, 2.24) is 10.6 Å². The fraction of sp³-hybridized carbons (Fsp3) is 0.526. The predicted molar refractivity (Wildman–Crippen MR) is 96.0 cm³/mol. The van der Waals surface area contributed by atoms with E-state index in [1.54, 1.807) is 6.07 Å². The van der Waals surface area contributed by atoms with E-state index in [0.717, 1.165) is 19.3 Å². The van der Waals surface area contributed by atoms with Crippen LogP contribution in [0.3, 0.4) is 0 Å². The van der Waals surface area contributed by atoms with Crippen molar-refractivity contribution in [2.45, 2.75) is 64.5 Å². The maximum Gasteiger partial charge on any atom is 0.326 e. The molecule has 0 unspecified atom stereocenters. The molecule has 0 aliphatic carbocycles. The lowest BCUT2D eigenvalue weighted by atomic mass is 10.0. The van der Waals surface area contributed by atoms with E-state index < -0.39 is 35.7 Å². The van der Waals surface area contributed by atoms with Crippen molar-refractivity contribution in [2.24, 2.45) is 0 Å². The number of hydrogen-bond donors (Lipinski definition) is 3. The highest BCUT2D eigenvalue weighted by Crippen LogP contribution is 2.09.